The fourth-order valence-electron chi connectivity index (χ4n) is 2.34. The van der Waals surface area contributed by atoms with Crippen LogP contribution in [0.15, 0.2) is 53.1 Å². The van der Waals surface area contributed by atoms with Gasteiger partial charge in [-0.1, -0.05) is 12.1 Å². The second kappa shape index (κ2) is 5.29. The molecule has 0 aliphatic heterocycles. The minimum absolute atomic E-state index is 0.0894. The number of non-ortho nitro benzene ring substituents is 1. The Labute approximate surface area is 128 Å². The van der Waals surface area contributed by atoms with Gasteiger partial charge in [0.15, 0.2) is 0 Å². The molecule has 0 spiro atoms. The van der Waals surface area contributed by atoms with Crippen molar-refractivity contribution in [3.05, 3.63) is 74.6 Å². The van der Waals surface area contributed by atoms with E-state index in [2.05, 4.69) is 15.9 Å². The van der Waals surface area contributed by atoms with Crippen molar-refractivity contribution in [2.75, 3.05) is 0 Å². The number of aromatic nitrogens is 1. The van der Waals surface area contributed by atoms with Gasteiger partial charge in [-0.05, 0) is 45.8 Å². The molecule has 1 heterocycles. The summed E-state index contributed by atoms with van der Waals surface area (Å²) in [7, 11) is 0. The Kier molecular flexibility index (Phi) is 3.47. The van der Waals surface area contributed by atoms with Gasteiger partial charge >= 0.3 is 0 Å². The van der Waals surface area contributed by atoms with Gasteiger partial charge in [0.1, 0.15) is 5.82 Å². The van der Waals surface area contributed by atoms with Crippen molar-refractivity contribution in [1.82, 2.24) is 4.57 Å². The van der Waals surface area contributed by atoms with Gasteiger partial charge in [-0.2, -0.15) is 0 Å². The second-order valence-electron chi connectivity index (χ2n) is 4.66. The number of nitrogens with zero attached hydrogens (tertiary/aromatic N) is 2. The van der Waals surface area contributed by atoms with Crippen LogP contribution in [0, 0.1) is 15.9 Å². The maximum Gasteiger partial charge on any atom is 0.278 e. The van der Waals surface area contributed by atoms with Gasteiger partial charge in [0.25, 0.3) is 5.69 Å². The van der Waals surface area contributed by atoms with Gasteiger partial charge in [-0.15, -0.1) is 0 Å². The lowest BCUT2D eigenvalue weighted by Crippen LogP contribution is -1.98. The zero-order valence-electron chi connectivity index (χ0n) is 10.8. The first-order chi connectivity index (χ1) is 10.1. The highest BCUT2D eigenvalue weighted by Gasteiger charge is 2.13. The Morgan fingerprint density at radius 3 is 2.76 bits per heavy atom. The zero-order valence-corrected chi connectivity index (χ0v) is 12.4. The molecule has 0 unspecified atom stereocenters. The molecule has 1 aromatic heterocycles. The van der Waals surface area contributed by atoms with Crippen molar-refractivity contribution < 1.29 is 9.31 Å². The molecule has 0 aliphatic rings. The highest BCUT2D eigenvalue weighted by Crippen LogP contribution is 2.27. The first-order valence-corrected chi connectivity index (χ1v) is 7.02. The van der Waals surface area contributed by atoms with E-state index < -0.39 is 0 Å². The Morgan fingerprint density at radius 1 is 1.24 bits per heavy atom. The molecule has 4 nitrogen and oxygen atoms in total. The van der Waals surface area contributed by atoms with Crippen molar-refractivity contribution in [2.24, 2.45) is 0 Å². The van der Waals surface area contributed by atoms with Crippen LogP contribution in [0.3, 0.4) is 0 Å². The standard InChI is InChI=1S/C15H10BrFN2O2/c16-12-8-10(4-5-13(12)17)9-18-7-6-11-14(18)2-1-3-15(11)19(20)21/h1-8H,9H2. The number of benzene rings is 2. The minimum Gasteiger partial charge on any atom is -0.343 e. The quantitative estimate of drug-likeness (QED) is 0.516. The van der Waals surface area contributed by atoms with Gasteiger partial charge in [-0.25, -0.2) is 4.39 Å². The van der Waals surface area contributed by atoms with E-state index in [1.807, 2.05) is 10.6 Å². The van der Waals surface area contributed by atoms with Gasteiger partial charge in [0, 0.05) is 18.8 Å². The van der Waals surface area contributed by atoms with Crippen LogP contribution in [0.5, 0.6) is 0 Å². The molecular weight excluding hydrogens is 339 g/mol. The maximum atomic E-state index is 13.2. The predicted molar refractivity (Wildman–Crippen MR) is 81.8 cm³/mol. The molecular formula is C15H10BrFN2O2. The number of nitro groups is 1. The van der Waals surface area contributed by atoms with E-state index in [0.717, 1.165) is 11.1 Å². The topological polar surface area (TPSA) is 48.1 Å². The van der Waals surface area contributed by atoms with Gasteiger partial charge in [0.2, 0.25) is 0 Å². The molecule has 0 fully saturated rings. The van der Waals surface area contributed by atoms with E-state index >= 15 is 0 Å². The lowest BCUT2D eigenvalue weighted by atomic mass is 10.2. The average molecular weight is 349 g/mol. The Hall–Kier alpha value is -2.21. The lowest BCUT2D eigenvalue weighted by molar-refractivity contribution is -0.383. The summed E-state index contributed by atoms with van der Waals surface area (Å²) in [5, 5.41) is 11.6. The van der Waals surface area contributed by atoms with Crippen LogP contribution in [-0.2, 0) is 6.54 Å². The lowest BCUT2D eigenvalue weighted by Gasteiger charge is -2.06. The molecule has 0 aliphatic carbocycles. The summed E-state index contributed by atoms with van der Waals surface area (Å²) in [6.45, 7) is 0.517. The van der Waals surface area contributed by atoms with Gasteiger partial charge in [0.05, 0.1) is 20.3 Å². The molecule has 106 valence electrons. The molecule has 0 bridgehead atoms. The number of halogens is 2. The number of hydrogen-bond donors (Lipinski definition) is 0. The predicted octanol–water partition coefficient (Wildman–Crippen LogP) is 4.50. The van der Waals surface area contributed by atoms with E-state index in [0.29, 0.717) is 16.4 Å². The van der Waals surface area contributed by atoms with Crippen LogP contribution in [0.25, 0.3) is 10.9 Å². The molecule has 0 radical (unpaired) electrons. The molecule has 0 N–H and O–H groups in total. The van der Waals surface area contributed by atoms with Crippen molar-refractivity contribution in [3.63, 3.8) is 0 Å². The Balaban J connectivity index is 2.03. The molecule has 0 atom stereocenters. The van der Waals surface area contributed by atoms with Crippen LogP contribution >= 0.6 is 15.9 Å². The van der Waals surface area contributed by atoms with E-state index in [1.165, 1.54) is 12.1 Å². The summed E-state index contributed by atoms with van der Waals surface area (Å²) in [6, 6.07) is 11.5. The number of rotatable bonds is 3. The minimum atomic E-state index is -0.388. The average Bonchev–Trinajstić information content (AvgIpc) is 2.86. The van der Waals surface area contributed by atoms with E-state index in [4.69, 9.17) is 0 Å². The Bertz CT molecular complexity index is 845. The summed E-state index contributed by atoms with van der Waals surface area (Å²) in [5.74, 6) is -0.313. The molecule has 6 heteroatoms. The maximum absolute atomic E-state index is 13.2. The molecule has 21 heavy (non-hydrogen) atoms. The monoisotopic (exact) mass is 348 g/mol. The molecule has 0 saturated heterocycles. The van der Waals surface area contributed by atoms with E-state index in [9.17, 15) is 14.5 Å². The number of nitro benzene ring substituents is 1. The smallest absolute Gasteiger partial charge is 0.278 e. The summed E-state index contributed by atoms with van der Waals surface area (Å²) in [6.07, 6.45) is 1.80. The fourth-order valence-corrected chi connectivity index (χ4v) is 2.77. The summed E-state index contributed by atoms with van der Waals surface area (Å²) in [5.41, 5.74) is 1.78. The van der Waals surface area contributed by atoms with Gasteiger partial charge in [-0.3, -0.25) is 10.1 Å². The highest BCUT2D eigenvalue weighted by atomic mass is 79.9. The third-order valence-corrected chi connectivity index (χ3v) is 3.93. The zero-order chi connectivity index (χ0) is 15.0. The van der Waals surface area contributed by atoms with Crippen molar-refractivity contribution in [3.8, 4) is 0 Å². The van der Waals surface area contributed by atoms with Crippen molar-refractivity contribution in [2.45, 2.75) is 6.54 Å². The normalized spacial score (nSPS) is 11.0. The highest BCUT2D eigenvalue weighted by molar-refractivity contribution is 9.10. The molecule has 3 aromatic rings. The Morgan fingerprint density at radius 2 is 2.05 bits per heavy atom. The number of fused-ring (bicyclic) bond motifs is 1. The summed E-state index contributed by atoms with van der Waals surface area (Å²) >= 11 is 3.16. The fraction of sp³-hybridized carbons (Fsp3) is 0.0667. The third-order valence-electron chi connectivity index (χ3n) is 3.32. The molecule has 2 aromatic carbocycles. The third kappa shape index (κ3) is 2.54. The first kappa shape index (κ1) is 13.8. The second-order valence-corrected chi connectivity index (χ2v) is 5.51. The largest absolute Gasteiger partial charge is 0.343 e. The van der Waals surface area contributed by atoms with Crippen LogP contribution < -0.4 is 0 Å². The van der Waals surface area contributed by atoms with Crippen molar-refractivity contribution >= 4 is 32.5 Å². The molecule has 0 amide bonds. The van der Waals surface area contributed by atoms with Gasteiger partial charge < -0.3 is 4.57 Å². The molecule has 3 rings (SSSR count). The summed E-state index contributed by atoms with van der Waals surface area (Å²) in [4.78, 5) is 10.6. The van der Waals surface area contributed by atoms with E-state index in [1.54, 1.807) is 30.5 Å². The van der Waals surface area contributed by atoms with Crippen LogP contribution in [0.4, 0.5) is 10.1 Å². The SMILES string of the molecule is O=[N+]([O-])c1cccc2c1ccn2Cc1ccc(F)c(Br)c1. The molecule has 0 saturated carbocycles. The van der Waals surface area contributed by atoms with Crippen LogP contribution in [0.1, 0.15) is 5.56 Å². The first-order valence-electron chi connectivity index (χ1n) is 6.22. The number of hydrogen-bond acceptors (Lipinski definition) is 2. The summed E-state index contributed by atoms with van der Waals surface area (Å²) < 4.78 is 15.6. The van der Waals surface area contributed by atoms with Crippen LogP contribution in [-0.4, -0.2) is 9.49 Å². The van der Waals surface area contributed by atoms with Crippen molar-refractivity contribution in [1.29, 1.82) is 0 Å². The van der Waals surface area contributed by atoms with Crippen LogP contribution in [0.2, 0.25) is 0 Å². The van der Waals surface area contributed by atoms with E-state index in [-0.39, 0.29) is 16.4 Å².